The zero-order chi connectivity index (χ0) is 19.7. The summed E-state index contributed by atoms with van der Waals surface area (Å²) in [6, 6.07) is 13.2. The van der Waals surface area contributed by atoms with Crippen LogP contribution in [0.25, 0.3) is 22.3 Å². The van der Waals surface area contributed by atoms with Crippen LogP contribution in [0.1, 0.15) is 36.2 Å². The summed E-state index contributed by atoms with van der Waals surface area (Å²) in [5.41, 5.74) is 3.98. The molecule has 3 aromatic heterocycles. The van der Waals surface area contributed by atoms with Crippen molar-refractivity contribution >= 4 is 16.9 Å². The highest BCUT2D eigenvalue weighted by Gasteiger charge is 2.25. The van der Waals surface area contributed by atoms with Crippen LogP contribution in [0.4, 0.5) is 0 Å². The van der Waals surface area contributed by atoms with Crippen LogP contribution in [-0.4, -0.2) is 30.6 Å². The molecule has 1 atom stereocenters. The first-order valence-electron chi connectivity index (χ1n) is 9.22. The number of para-hydroxylation sites is 2. The van der Waals surface area contributed by atoms with Gasteiger partial charge in [0.1, 0.15) is 11.5 Å². The first kappa shape index (κ1) is 17.9. The number of imidazole rings is 1. The van der Waals surface area contributed by atoms with Gasteiger partial charge in [-0.25, -0.2) is 4.98 Å². The van der Waals surface area contributed by atoms with E-state index in [1.165, 1.54) is 0 Å². The zero-order valence-electron chi connectivity index (χ0n) is 16.0. The van der Waals surface area contributed by atoms with Crippen LogP contribution >= 0.6 is 0 Å². The molecular formula is C21H22N6O. The molecule has 0 bridgehead atoms. The highest BCUT2D eigenvalue weighted by molar-refractivity contribution is 5.93. The van der Waals surface area contributed by atoms with Crippen LogP contribution in [0.3, 0.4) is 0 Å². The van der Waals surface area contributed by atoms with Crippen LogP contribution < -0.4 is 5.32 Å². The molecule has 0 fully saturated rings. The van der Waals surface area contributed by atoms with Crippen LogP contribution in [0, 0.1) is 5.92 Å². The maximum Gasteiger partial charge on any atom is 0.269 e. The number of aryl methyl sites for hydroxylation is 1. The maximum absolute atomic E-state index is 12.9. The van der Waals surface area contributed by atoms with Crippen molar-refractivity contribution in [1.29, 1.82) is 0 Å². The lowest BCUT2D eigenvalue weighted by Crippen LogP contribution is -2.33. The van der Waals surface area contributed by atoms with Crippen molar-refractivity contribution in [2.24, 2.45) is 13.0 Å². The molecule has 0 saturated carbocycles. The van der Waals surface area contributed by atoms with E-state index >= 15 is 0 Å². The number of H-pyrrole nitrogens is 1. The summed E-state index contributed by atoms with van der Waals surface area (Å²) in [5, 5.41) is 10.2. The van der Waals surface area contributed by atoms with Gasteiger partial charge in [-0.3, -0.25) is 14.9 Å². The second-order valence-electron chi connectivity index (χ2n) is 7.12. The molecule has 4 aromatic rings. The fourth-order valence-corrected chi connectivity index (χ4v) is 3.30. The second-order valence-corrected chi connectivity index (χ2v) is 7.12. The van der Waals surface area contributed by atoms with E-state index in [2.05, 4.69) is 34.3 Å². The van der Waals surface area contributed by atoms with Crippen LogP contribution in [-0.2, 0) is 7.05 Å². The lowest BCUT2D eigenvalue weighted by Gasteiger charge is -2.21. The number of hydrogen-bond donors (Lipinski definition) is 2. The normalized spacial score (nSPS) is 12.4. The third-order valence-corrected chi connectivity index (χ3v) is 4.85. The van der Waals surface area contributed by atoms with Crippen molar-refractivity contribution in [1.82, 2.24) is 30.0 Å². The van der Waals surface area contributed by atoms with Gasteiger partial charge < -0.3 is 9.88 Å². The molecule has 1 amide bonds. The number of pyridine rings is 1. The molecule has 7 heteroatoms. The van der Waals surface area contributed by atoms with E-state index in [-0.39, 0.29) is 17.9 Å². The highest BCUT2D eigenvalue weighted by atomic mass is 16.2. The highest BCUT2D eigenvalue weighted by Crippen LogP contribution is 2.25. The van der Waals surface area contributed by atoms with Gasteiger partial charge in [-0.1, -0.05) is 26.0 Å². The Morgan fingerprint density at radius 2 is 1.89 bits per heavy atom. The molecule has 0 aliphatic heterocycles. The van der Waals surface area contributed by atoms with Crippen molar-refractivity contribution in [2.45, 2.75) is 19.9 Å². The number of aromatic amines is 1. The summed E-state index contributed by atoms with van der Waals surface area (Å²) in [6.07, 6.45) is 3.40. The Balaban J connectivity index is 1.61. The van der Waals surface area contributed by atoms with E-state index < -0.39 is 0 Å². The summed E-state index contributed by atoms with van der Waals surface area (Å²) in [4.78, 5) is 21.6. The number of benzene rings is 1. The van der Waals surface area contributed by atoms with Crippen LogP contribution in [0.2, 0.25) is 0 Å². The van der Waals surface area contributed by atoms with Gasteiger partial charge in [0, 0.05) is 25.0 Å². The summed E-state index contributed by atoms with van der Waals surface area (Å²) < 4.78 is 2.04. The number of hydrogen-bond acceptors (Lipinski definition) is 4. The second kappa shape index (κ2) is 7.26. The minimum absolute atomic E-state index is 0.169. The number of carbonyl (C=O) groups excluding carboxylic acids is 1. The van der Waals surface area contributed by atoms with Gasteiger partial charge in [0.25, 0.3) is 5.91 Å². The molecule has 1 unspecified atom stereocenters. The molecule has 4 rings (SSSR count). The first-order chi connectivity index (χ1) is 13.5. The lowest BCUT2D eigenvalue weighted by atomic mass is 10.0. The van der Waals surface area contributed by atoms with E-state index in [9.17, 15) is 4.79 Å². The Morgan fingerprint density at radius 3 is 2.61 bits per heavy atom. The van der Waals surface area contributed by atoms with Crippen molar-refractivity contribution in [3.8, 4) is 11.3 Å². The first-order valence-corrected chi connectivity index (χ1v) is 9.22. The van der Waals surface area contributed by atoms with Gasteiger partial charge in [0.05, 0.1) is 22.8 Å². The van der Waals surface area contributed by atoms with Crippen LogP contribution in [0.5, 0.6) is 0 Å². The smallest absolute Gasteiger partial charge is 0.269 e. The third-order valence-electron chi connectivity index (χ3n) is 4.85. The molecule has 1 aromatic carbocycles. The summed E-state index contributed by atoms with van der Waals surface area (Å²) >= 11 is 0. The zero-order valence-corrected chi connectivity index (χ0v) is 16.0. The Bertz CT molecular complexity index is 1110. The Kier molecular flexibility index (Phi) is 4.65. The Labute approximate surface area is 162 Å². The predicted molar refractivity (Wildman–Crippen MR) is 108 cm³/mol. The van der Waals surface area contributed by atoms with Gasteiger partial charge in [-0.05, 0) is 36.2 Å². The lowest BCUT2D eigenvalue weighted by molar-refractivity contribution is 0.0917. The predicted octanol–water partition coefficient (Wildman–Crippen LogP) is 3.49. The summed E-state index contributed by atoms with van der Waals surface area (Å²) in [7, 11) is 1.98. The minimum atomic E-state index is -0.224. The molecule has 0 aliphatic rings. The van der Waals surface area contributed by atoms with E-state index in [1.54, 1.807) is 18.5 Å². The van der Waals surface area contributed by atoms with Crippen molar-refractivity contribution in [3.63, 3.8) is 0 Å². The summed E-state index contributed by atoms with van der Waals surface area (Å²) in [5.74, 6) is 0.791. The third kappa shape index (κ3) is 3.26. The van der Waals surface area contributed by atoms with Gasteiger partial charge >= 0.3 is 0 Å². The average molecular weight is 374 g/mol. The van der Waals surface area contributed by atoms with Gasteiger partial charge in [-0.15, -0.1) is 0 Å². The fourth-order valence-electron chi connectivity index (χ4n) is 3.30. The SMILES string of the molecule is CC(C)C(NC(=O)c1cc(-c2ccncc2)n[nH]1)c1nc2ccccc2n1C. The van der Waals surface area contributed by atoms with Gasteiger partial charge in [0.2, 0.25) is 0 Å². The molecular weight excluding hydrogens is 352 g/mol. The fraction of sp³-hybridized carbons (Fsp3) is 0.238. The molecule has 0 aliphatic carbocycles. The summed E-state index contributed by atoms with van der Waals surface area (Å²) in [6.45, 7) is 4.14. The van der Waals surface area contributed by atoms with E-state index in [4.69, 9.17) is 4.98 Å². The molecule has 0 spiro atoms. The number of nitrogens with one attached hydrogen (secondary N) is 2. The topological polar surface area (TPSA) is 88.5 Å². The Hall–Kier alpha value is -3.48. The van der Waals surface area contributed by atoms with Crippen molar-refractivity contribution < 1.29 is 4.79 Å². The molecule has 2 N–H and O–H groups in total. The number of nitrogens with zero attached hydrogens (tertiary/aromatic N) is 4. The Morgan fingerprint density at radius 1 is 1.14 bits per heavy atom. The average Bonchev–Trinajstić information content (AvgIpc) is 3.32. The molecule has 3 heterocycles. The largest absolute Gasteiger partial charge is 0.341 e. The van der Waals surface area contributed by atoms with E-state index in [0.717, 1.165) is 22.4 Å². The number of carbonyl (C=O) groups is 1. The minimum Gasteiger partial charge on any atom is -0.341 e. The van der Waals surface area contributed by atoms with Crippen molar-refractivity contribution in [2.75, 3.05) is 0 Å². The van der Waals surface area contributed by atoms with Crippen molar-refractivity contribution in [3.05, 3.63) is 66.4 Å². The molecule has 28 heavy (non-hydrogen) atoms. The van der Waals surface area contributed by atoms with E-state index in [1.807, 2.05) is 48.0 Å². The molecule has 7 nitrogen and oxygen atoms in total. The molecule has 0 saturated heterocycles. The standard InChI is InChI=1S/C21H22N6O/c1-13(2)19(20-23-15-6-4-5-7-18(15)27(20)3)24-21(28)17-12-16(25-26-17)14-8-10-22-11-9-14/h4-13,19H,1-3H3,(H,24,28)(H,25,26). The van der Waals surface area contributed by atoms with E-state index in [0.29, 0.717) is 11.4 Å². The monoisotopic (exact) mass is 374 g/mol. The number of rotatable bonds is 5. The number of fused-ring (bicyclic) bond motifs is 1. The number of aromatic nitrogens is 5. The quantitative estimate of drug-likeness (QED) is 0.560. The molecule has 0 radical (unpaired) electrons. The van der Waals surface area contributed by atoms with Gasteiger partial charge in [0.15, 0.2) is 0 Å². The number of amides is 1. The maximum atomic E-state index is 12.9. The van der Waals surface area contributed by atoms with Gasteiger partial charge in [-0.2, -0.15) is 5.10 Å². The van der Waals surface area contributed by atoms with Crippen LogP contribution in [0.15, 0.2) is 54.9 Å². The molecule has 142 valence electrons.